The standard InChI is InChI=1S/C14H13N3O/c1-10-7-16-14(18)17(8-10)9-13-4-3-12(6-15)5-11(13)2/h3-5,7-8H,9H2,1-2H3. The summed E-state index contributed by atoms with van der Waals surface area (Å²) in [5.74, 6) is 0. The maximum absolute atomic E-state index is 11.6. The Kier molecular flexibility index (Phi) is 3.24. The van der Waals surface area contributed by atoms with Crippen LogP contribution in [0, 0.1) is 25.2 Å². The molecule has 0 saturated heterocycles. The molecule has 0 aliphatic rings. The van der Waals surface area contributed by atoms with E-state index in [1.54, 1.807) is 23.0 Å². The molecule has 0 aliphatic carbocycles. The third kappa shape index (κ3) is 2.46. The Labute approximate surface area is 105 Å². The molecule has 1 aromatic carbocycles. The summed E-state index contributed by atoms with van der Waals surface area (Å²) in [7, 11) is 0. The lowest BCUT2D eigenvalue weighted by molar-refractivity contribution is 0.718. The van der Waals surface area contributed by atoms with E-state index in [-0.39, 0.29) is 5.69 Å². The number of rotatable bonds is 2. The first-order valence-corrected chi connectivity index (χ1v) is 5.63. The van der Waals surface area contributed by atoms with Gasteiger partial charge in [-0.25, -0.2) is 9.78 Å². The molecule has 0 fully saturated rings. The average molecular weight is 239 g/mol. The molecule has 0 saturated carbocycles. The molecule has 1 aromatic heterocycles. The van der Waals surface area contributed by atoms with Crippen LogP contribution in [0.15, 0.2) is 35.4 Å². The molecule has 90 valence electrons. The maximum atomic E-state index is 11.6. The van der Waals surface area contributed by atoms with Gasteiger partial charge in [0, 0.05) is 12.4 Å². The molecular formula is C14H13N3O. The lowest BCUT2D eigenvalue weighted by atomic mass is 10.1. The first-order valence-electron chi connectivity index (χ1n) is 5.63. The van der Waals surface area contributed by atoms with Gasteiger partial charge in [-0.05, 0) is 42.7 Å². The van der Waals surface area contributed by atoms with Crippen LogP contribution in [0.3, 0.4) is 0 Å². The molecule has 0 unspecified atom stereocenters. The van der Waals surface area contributed by atoms with E-state index in [1.807, 2.05) is 26.0 Å². The zero-order valence-electron chi connectivity index (χ0n) is 10.3. The van der Waals surface area contributed by atoms with Crippen molar-refractivity contribution in [3.05, 3.63) is 63.3 Å². The van der Waals surface area contributed by atoms with E-state index in [4.69, 9.17) is 5.26 Å². The molecule has 0 amide bonds. The van der Waals surface area contributed by atoms with Crippen molar-refractivity contribution in [1.82, 2.24) is 9.55 Å². The van der Waals surface area contributed by atoms with Crippen LogP contribution in [-0.4, -0.2) is 9.55 Å². The third-order valence-corrected chi connectivity index (χ3v) is 2.80. The predicted octanol–water partition coefficient (Wildman–Crippen LogP) is 1.78. The second kappa shape index (κ2) is 4.84. The molecule has 0 bridgehead atoms. The van der Waals surface area contributed by atoms with Crippen molar-refractivity contribution in [2.75, 3.05) is 0 Å². The number of aromatic nitrogens is 2. The van der Waals surface area contributed by atoms with Gasteiger partial charge in [-0.1, -0.05) is 6.07 Å². The molecule has 2 rings (SSSR count). The molecule has 0 aliphatic heterocycles. The van der Waals surface area contributed by atoms with E-state index < -0.39 is 0 Å². The Bertz CT molecular complexity index is 680. The van der Waals surface area contributed by atoms with Crippen LogP contribution >= 0.6 is 0 Å². The molecule has 1 heterocycles. The third-order valence-electron chi connectivity index (χ3n) is 2.80. The molecule has 0 spiro atoms. The number of nitriles is 1. The van der Waals surface area contributed by atoms with Gasteiger partial charge < -0.3 is 0 Å². The first-order chi connectivity index (χ1) is 8.60. The van der Waals surface area contributed by atoms with E-state index in [0.717, 1.165) is 16.7 Å². The summed E-state index contributed by atoms with van der Waals surface area (Å²) < 4.78 is 1.57. The van der Waals surface area contributed by atoms with E-state index in [1.165, 1.54) is 0 Å². The van der Waals surface area contributed by atoms with Gasteiger partial charge in [0.1, 0.15) is 0 Å². The molecule has 18 heavy (non-hydrogen) atoms. The van der Waals surface area contributed by atoms with Crippen molar-refractivity contribution in [2.24, 2.45) is 0 Å². The lowest BCUT2D eigenvalue weighted by Crippen LogP contribution is -2.23. The summed E-state index contributed by atoms with van der Waals surface area (Å²) in [5.41, 5.74) is 3.34. The van der Waals surface area contributed by atoms with E-state index in [2.05, 4.69) is 11.1 Å². The second-order valence-corrected chi connectivity index (χ2v) is 4.29. The summed E-state index contributed by atoms with van der Waals surface area (Å²) in [4.78, 5) is 15.4. The van der Waals surface area contributed by atoms with E-state index in [9.17, 15) is 4.79 Å². The van der Waals surface area contributed by atoms with E-state index >= 15 is 0 Å². The van der Waals surface area contributed by atoms with Crippen LogP contribution in [-0.2, 0) is 6.54 Å². The minimum Gasteiger partial charge on any atom is -0.294 e. The zero-order chi connectivity index (χ0) is 13.1. The van der Waals surface area contributed by atoms with Gasteiger partial charge >= 0.3 is 5.69 Å². The molecule has 0 N–H and O–H groups in total. The molecular weight excluding hydrogens is 226 g/mol. The van der Waals surface area contributed by atoms with Crippen molar-refractivity contribution < 1.29 is 0 Å². The average Bonchev–Trinajstić information content (AvgIpc) is 2.36. The minimum absolute atomic E-state index is 0.260. The Balaban J connectivity index is 2.38. The first kappa shape index (κ1) is 12.1. The highest BCUT2D eigenvalue weighted by Gasteiger charge is 2.03. The van der Waals surface area contributed by atoms with Gasteiger partial charge in [-0.2, -0.15) is 5.26 Å². The zero-order valence-corrected chi connectivity index (χ0v) is 10.3. The van der Waals surface area contributed by atoms with Gasteiger partial charge in [-0.15, -0.1) is 0 Å². The summed E-state index contributed by atoms with van der Waals surface area (Å²) in [6, 6.07) is 7.56. The largest absolute Gasteiger partial charge is 0.347 e. The number of aryl methyl sites for hydroxylation is 2. The fourth-order valence-electron chi connectivity index (χ4n) is 1.81. The SMILES string of the molecule is Cc1cnc(=O)n(Cc2ccc(C#N)cc2C)c1. The number of hydrogen-bond donors (Lipinski definition) is 0. The number of nitrogens with zero attached hydrogens (tertiary/aromatic N) is 3. The van der Waals surface area contributed by atoms with Crippen LogP contribution in [0.4, 0.5) is 0 Å². The summed E-state index contributed by atoms with van der Waals surface area (Å²) in [6.45, 7) is 4.31. The van der Waals surface area contributed by atoms with Gasteiger partial charge in [0.2, 0.25) is 0 Å². The predicted molar refractivity (Wildman–Crippen MR) is 68.2 cm³/mol. The van der Waals surface area contributed by atoms with Crippen LogP contribution in [0.25, 0.3) is 0 Å². The number of hydrogen-bond acceptors (Lipinski definition) is 3. The molecule has 4 heteroatoms. The Hall–Kier alpha value is -2.41. The van der Waals surface area contributed by atoms with Crippen LogP contribution in [0.1, 0.15) is 22.3 Å². The molecule has 0 radical (unpaired) electrons. The Morgan fingerprint density at radius 2 is 2.17 bits per heavy atom. The van der Waals surface area contributed by atoms with Crippen LogP contribution in [0.5, 0.6) is 0 Å². The molecule has 4 nitrogen and oxygen atoms in total. The minimum atomic E-state index is -0.260. The normalized spacial score (nSPS) is 10.1. The lowest BCUT2D eigenvalue weighted by Gasteiger charge is -2.08. The summed E-state index contributed by atoms with van der Waals surface area (Å²) >= 11 is 0. The monoisotopic (exact) mass is 239 g/mol. The fraction of sp³-hybridized carbons (Fsp3) is 0.214. The fourth-order valence-corrected chi connectivity index (χ4v) is 1.81. The smallest absolute Gasteiger partial charge is 0.294 e. The topological polar surface area (TPSA) is 58.7 Å². The number of benzene rings is 1. The maximum Gasteiger partial charge on any atom is 0.347 e. The van der Waals surface area contributed by atoms with E-state index in [0.29, 0.717) is 12.1 Å². The highest BCUT2D eigenvalue weighted by molar-refractivity contribution is 5.37. The van der Waals surface area contributed by atoms with Crippen molar-refractivity contribution in [3.63, 3.8) is 0 Å². The summed E-state index contributed by atoms with van der Waals surface area (Å²) in [6.07, 6.45) is 3.34. The van der Waals surface area contributed by atoms with Crippen molar-refractivity contribution in [1.29, 1.82) is 5.26 Å². The molecule has 2 aromatic rings. The molecule has 0 atom stereocenters. The van der Waals surface area contributed by atoms with Gasteiger partial charge in [0.05, 0.1) is 18.2 Å². The van der Waals surface area contributed by atoms with Gasteiger partial charge in [0.15, 0.2) is 0 Å². The van der Waals surface area contributed by atoms with Gasteiger partial charge in [-0.3, -0.25) is 4.57 Å². The van der Waals surface area contributed by atoms with Gasteiger partial charge in [0.25, 0.3) is 0 Å². The Morgan fingerprint density at radius 1 is 1.39 bits per heavy atom. The Morgan fingerprint density at radius 3 is 2.83 bits per heavy atom. The van der Waals surface area contributed by atoms with Crippen molar-refractivity contribution >= 4 is 0 Å². The van der Waals surface area contributed by atoms with Crippen LogP contribution in [0.2, 0.25) is 0 Å². The highest BCUT2D eigenvalue weighted by atomic mass is 16.1. The highest BCUT2D eigenvalue weighted by Crippen LogP contribution is 2.11. The quantitative estimate of drug-likeness (QED) is 0.802. The summed E-state index contributed by atoms with van der Waals surface area (Å²) in [5, 5.41) is 8.81. The van der Waals surface area contributed by atoms with Crippen LogP contribution < -0.4 is 5.69 Å². The van der Waals surface area contributed by atoms with Crippen molar-refractivity contribution in [2.45, 2.75) is 20.4 Å². The van der Waals surface area contributed by atoms with Crippen molar-refractivity contribution in [3.8, 4) is 6.07 Å². The second-order valence-electron chi connectivity index (χ2n) is 4.29.